The number of benzene rings is 2. The molecule has 4 heteroatoms. The first-order valence-electron chi connectivity index (χ1n) is 6.56. The lowest BCUT2D eigenvalue weighted by atomic mass is 10.1. The first kappa shape index (κ1) is 14.4. The third-order valence-corrected chi connectivity index (χ3v) is 3.05. The van der Waals surface area contributed by atoms with E-state index in [0.29, 0.717) is 17.9 Å². The van der Waals surface area contributed by atoms with Gasteiger partial charge in [0.2, 0.25) is 0 Å². The smallest absolute Gasteiger partial charge is 0.122 e. The van der Waals surface area contributed by atoms with Crippen LogP contribution in [-0.2, 0) is 6.42 Å². The fourth-order valence-corrected chi connectivity index (χ4v) is 2.00. The molecule has 0 aliphatic rings. The summed E-state index contributed by atoms with van der Waals surface area (Å²) in [5.74, 6) is 0.685. The predicted octanol–water partition coefficient (Wildman–Crippen LogP) is 1.92. The number of aliphatic hydroxyl groups is 2. The number of aliphatic hydroxyl groups excluding tert-OH is 2. The zero-order valence-electron chi connectivity index (χ0n) is 11.2. The SMILES string of the molecule is Nc1cccc(C(O)COc2ccccc2CCO)c1. The van der Waals surface area contributed by atoms with Crippen LogP contribution in [0.1, 0.15) is 17.2 Å². The molecule has 0 fully saturated rings. The zero-order valence-corrected chi connectivity index (χ0v) is 11.2. The van der Waals surface area contributed by atoms with E-state index >= 15 is 0 Å². The Morgan fingerprint density at radius 1 is 1.10 bits per heavy atom. The van der Waals surface area contributed by atoms with Crippen LogP contribution in [0.15, 0.2) is 48.5 Å². The second-order valence-electron chi connectivity index (χ2n) is 4.58. The highest BCUT2D eigenvalue weighted by Crippen LogP contribution is 2.21. The Kier molecular flexibility index (Phi) is 4.98. The van der Waals surface area contributed by atoms with Crippen LogP contribution in [-0.4, -0.2) is 23.4 Å². The van der Waals surface area contributed by atoms with E-state index in [4.69, 9.17) is 15.6 Å². The molecule has 4 nitrogen and oxygen atoms in total. The van der Waals surface area contributed by atoms with Gasteiger partial charge < -0.3 is 20.7 Å². The molecule has 2 aromatic carbocycles. The number of nitrogens with two attached hydrogens (primary N) is 1. The van der Waals surface area contributed by atoms with E-state index in [-0.39, 0.29) is 13.2 Å². The fraction of sp³-hybridized carbons (Fsp3) is 0.250. The van der Waals surface area contributed by atoms with Crippen LogP contribution < -0.4 is 10.5 Å². The van der Waals surface area contributed by atoms with Gasteiger partial charge in [0.15, 0.2) is 0 Å². The zero-order chi connectivity index (χ0) is 14.4. The van der Waals surface area contributed by atoms with Crippen molar-refractivity contribution < 1.29 is 14.9 Å². The molecule has 0 aliphatic heterocycles. The van der Waals surface area contributed by atoms with E-state index in [1.165, 1.54) is 0 Å². The largest absolute Gasteiger partial charge is 0.490 e. The molecule has 0 aliphatic carbocycles. The maximum atomic E-state index is 10.1. The number of para-hydroxylation sites is 1. The van der Waals surface area contributed by atoms with E-state index in [1.54, 1.807) is 18.2 Å². The average molecular weight is 273 g/mol. The van der Waals surface area contributed by atoms with Crippen molar-refractivity contribution in [1.82, 2.24) is 0 Å². The standard InChI is InChI=1S/C16H19NO3/c17-14-6-3-5-13(10-14)15(19)11-20-16-7-2-1-4-12(16)8-9-18/h1-7,10,15,18-19H,8-9,11,17H2. The van der Waals surface area contributed by atoms with E-state index in [9.17, 15) is 5.11 Å². The molecule has 1 atom stereocenters. The van der Waals surface area contributed by atoms with Crippen molar-refractivity contribution in [1.29, 1.82) is 0 Å². The van der Waals surface area contributed by atoms with Crippen LogP contribution >= 0.6 is 0 Å². The fourth-order valence-electron chi connectivity index (χ4n) is 2.00. The van der Waals surface area contributed by atoms with Crippen molar-refractivity contribution in [3.63, 3.8) is 0 Å². The molecule has 0 spiro atoms. The van der Waals surface area contributed by atoms with E-state index in [0.717, 1.165) is 11.1 Å². The number of hydrogen-bond acceptors (Lipinski definition) is 4. The van der Waals surface area contributed by atoms with Crippen LogP contribution in [0.25, 0.3) is 0 Å². The molecule has 0 saturated heterocycles. The summed E-state index contributed by atoms with van der Waals surface area (Å²) in [6, 6.07) is 14.6. The molecule has 4 N–H and O–H groups in total. The maximum absolute atomic E-state index is 10.1. The lowest BCUT2D eigenvalue weighted by molar-refractivity contribution is 0.107. The van der Waals surface area contributed by atoms with Crippen LogP contribution in [0.5, 0.6) is 5.75 Å². The Balaban J connectivity index is 2.01. The van der Waals surface area contributed by atoms with Gasteiger partial charge in [0, 0.05) is 12.3 Å². The van der Waals surface area contributed by atoms with Gasteiger partial charge in [-0.05, 0) is 35.7 Å². The molecule has 0 aromatic heterocycles. The van der Waals surface area contributed by atoms with Crippen molar-refractivity contribution in [3.05, 3.63) is 59.7 Å². The Morgan fingerprint density at radius 3 is 2.65 bits per heavy atom. The Bertz CT molecular complexity index is 557. The van der Waals surface area contributed by atoms with E-state index < -0.39 is 6.10 Å². The minimum absolute atomic E-state index is 0.0676. The van der Waals surface area contributed by atoms with Crippen molar-refractivity contribution in [3.8, 4) is 5.75 Å². The summed E-state index contributed by atoms with van der Waals surface area (Å²) in [4.78, 5) is 0. The summed E-state index contributed by atoms with van der Waals surface area (Å²) in [5.41, 5.74) is 7.95. The first-order chi connectivity index (χ1) is 9.70. The molecule has 0 heterocycles. The predicted molar refractivity (Wildman–Crippen MR) is 78.5 cm³/mol. The summed E-state index contributed by atoms with van der Waals surface area (Å²) in [7, 11) is 0. The molecule has 0 saturated carbocycles. The number of anilines is 1. The minimum atomic E-state index is -0.735. The highest BCUT2D eigenvalue weighted by molar-refractivity contribution is 5.41. The van der Waals surface area contributed by atoms with Crippen molar-refractivity contribution in [2.75, 3.05) is 18.9 Å². The Morgan fingerprint density at radius 2 is 1.90 bits per heavy atom. The highest BCUT2D eigenvalue weighted by atomic mass is 16.5. The molecule has 2 aromatic rings. The summed E-state index contributed by atoms with van der Waals surface area (Å²) in [5, 5.41) is 19.1. The van der Waals surface area contributed by atoms with Gasteiger partial charge in [-0.2, -0.15) is 0 Å². The van der Waals surface area contributed by atoms with Crippen LogP contribution in [0.2, 0.25) is 0 Å². The summed E-state index contributed by atoms with van der Waals surface area (Å²) in [6.07, 6.45) is -0.203. The molecule has 0 amide bonds. The van der Waals surface area contributed by atoms with Gasteiger partial charge in [-0.1, -0.05) is 30.3 Å². The summed E-state index contributed by atoms with van der Waals surface area (Å²) < 4.78 is 5.64. The summed E-state index contributed by atoms with van der Waals surface area (Å²) >= 11 is 0. The van der Waals surface area contributed by atoms with Gasteiger partial charge in [0.1, 0.15) is 18.5 Å². The summed E-state index contributed by atoms with van der Waals surface area (Å²) in [6.45, 7) is 0.212. The molecular weight excluding hydrogens is 254 g/mol. The topological polar surface area (TPSA) is 75.7 Å². The van der Waals surface area contributed by atoms with Crippen molar-refractivity contribution >= 4 is 5.69 Å². The van der Waals surface area contributed by atoms with Gasteiger partial charge in [-0.15, -0.1) is 0 Å². The quantitative estimate of drug-likeness (QED) is 0.703. The van der Waals surface area contributed by atoms with Gasteiger partial charge in [-0.25, -0.2) is 0 Å². The molecule has 0 radical (unpaired) electrons. The van der Waals surface area contributed by atoms with E-state index in [2.05, 4.69) is 0 Å². The molecule has 0 bridgehead atoms. The highest BCUT2D eigenvalue weighted by Gasteiger charge is 2.10. The Hall–Kier alpha value is -2.04. The molecule has 2 rings (SSSR count). The lowest BCUT2D eigenvalue weighted by Crippen LogP contribution is -2.11. The molecule has 1 unspecified atom stereocenters. The second-order valence-corrected chi connectivity index (χ2v) is 4.58. The normalized spacial score (nSPS) is 12.1. The maximum Gasteiger partial charge on any atom is 0.122 e. The second kappa shape index (κ2) is 6.93. The molecule has 20 heavy (non-hydrogen) atoms. The van der Waals surface area contributed by atoms with Crippen LogP contribution in [0.4, 0.5) is 5.69 Å². The monoisotopic (exact) mass is 273 g/mol. The van der Waals surface area contributed by atoms with Crippen molar-refractivity contribution in [2.45, 2.75) is 12.5 Å². The number of hydrogen-bond donors (Lipinski definition) is 3. The van der Waals surface area contributed by atoms with E-state index in [1.807, 2.05) is 30.3 Å². The third kappa shape index (κ3) is 3.73. The molecule has 106 valence electrons. The average Bonchev–Trinajstić information content (AvgIpc) is 2.46. The minimum Gasteiger partial charge on any atom is -0.490 e. The van der Waals surface area contributed by atoms with Gasteiger partial charge in [0.25, 0.3) is 0 Å². The molecular formula is C16H19NO3. The van der Waals surface area contributed by atoms with Gasteiger partial charge >= 0.3 is 0 Å². The van der Waals surface area contributed by atoms with Crippen LogP contribution in [0, 0.1) is 0 Å². The lowest BCUT2D eigenvalue weighted by Gasteiger charge is -2.15. The number of ether oxygens (including phenoxy) is 1. The van der Waals surface area contributed by atoms with Gasteiger partial charge in [-0.3, -0.25) is 0 Å². The Labute approximate surface area is 118 Å². The number of rotatable bonds is 6. The van der Waals surface area contributed by atoms with Gasteiger partial charge in [0.05, 0.1) is 0 Å². The van der Waals surface area contributed by atoms with Crippen LogP contribution in [0.3, 0.4) is 0 Å². The third-order valence-electron chi connectivity index (χ3n) is 3.05. The first-order valence-corrected chi connectivity index (χ1v) is 6.56. The van der Waals surface area contributed by atoms with Crippen molar-refractivity contribution in [2.24, 2.45) is 0 Å². The number of nitrogen functional groups attached to an aromatic ring is 1.